The zero-order valence-corrected chi connectivity index (χ0v) is 29.5. The van der Waals surface area contributed by atoms with Gasteiger partial charge in [0, 0.05) is 23.5 Å². The van der Waals surface area contributed by atoms with Crippen LogP contribution in [0.25, 0.3) is 10.8 Å². The van der Waals surface area contributed by atoms with Crippen LogP contribution in [0.3, 0.4) is 0 Å². The standard InChI is InChI=1S/C39H42BrN3O7/c1-4-6-16-31(45)49-23-30(26-13-8-7-9-14-26)41-36(46)32-33-37(47)43(24(3)22-44)35(39(33)21-29(40)34(32)50-39)38(48)42(19-5-2)28-18-17-25-12-10-11-15-27(25)20-28/h4-5,7-15,17-18,20,24,29-30,32-35,44H,1-2,6,16,19,21-23H2,3H3,(H,41,46)/t24-,29?,30-,32-,33+,34-,35-,39+/m1/s1. The van der Waals surface area contributed by atoms with Crippen LogP contribution >= 0.6 is 15.9 Å². The summed E-state index contributed by atoms with van der Waals surface area (Å²) in [6, 6.07) is 20.2. The number of amides is 3. The Kier molecular flexibility index (Phi) is 10.6. The van der Waals surface area contributed by atoms with E-state index in [1.807, 2.05) is 72.8 Å². The summed E-state index contributed by atoms with van der Waals surface area (Å²) < 4.78 is 12.2. The zero-order chi connectivity index (χ0) is 35.6. The highest BCUT2D eigenvalue weighted by molar-refractivity contribution is 9.09. The lowest BCUT2D eigenvalue weighted by Crippen LogP contribution is -2.59. The first-order valence-corrected chi connectivity index (χ1v) is 17.8. The van der Waals surface area contributed by atoms with Crippen molar-refractivity contribution < 1.29 is 33.8 Å². The Balaban J connectivity index is 1.34. The Morgan fingerprint density at radius 1 is 1.10 bits per heavy atom. The molecule has 0 radical (unpaired) electrons. The second kappa shape index (κ2) is 14.9. The van der Waals surface area contributed by atoms with E-state index in [9.17, 15) is 24.3 Å². The van der Waals surface area contributed by atoms with E-state index in [4.69, 9.17) is 9.47 Å². The van der Waals surface area contributed by atoms with Gasteiger partial charge >= 0.3 is 5.97 Å². The van der Waals surface area contributed by atoms with Gasteiger partial charge in [-0.3, -0.25) is 19.2 Å². The number of carbonyl (C=O) groups excluding carboxylic acids is 4. The molecule has 3 amide bonds. The molecule has 10 nitrogen and oxygen atoms in total. The molecular formula is C39H42BrN3O7. The van der Waals surface area contributed by atoms with Crippen LogP contribution in [0.1, 0.15) is 37.8 Å². The number of nitrogens with one attached hydrogen (secondary N) is 1. The van der Waals surface area contributed by atoms with Crippen LogP contribution in [0.15, 0.2) is 98.1 Å². The number of aliphatic hydroxyl groups is 1. The molecule has 3 saturated heterocycles. The maximum atomic E-state index is 14.9. The van der Waals surface area contributed by atoms with Crippen LogP contribution in [0.2, 0.25) is 0 Å². The Morgan fingerprint density at radius 2 is 1.82 bits per heavy atom. The molecule has 1 unspecified atom stereocenters. The SMILES string of the molecule is C=CCCC(=O)OC[C@@H](NC(=O)[C@H]1[C@@H]2O[C@@]3(CC2Br)[C@@H]1C(=O)N([C@H](C)CO)[C@@H]3C(=O)N(CC=C)c1ccc2ccccc2c1)c1ccccc1. The lowest BCUT2D eigenvalue weighted by atomic mass is 9.70. The second-order valence-electron chi connectivity index (χ2n) is 13.2. The number of fused-ring (bicyclic) bond motifs is 2. The van der Waals surface area contributed by atoms with Gasteiger partial charge in [-0.2, -0.15) is 0 Å². The molecule has 6 rings (SSSR count). The molecule has 3 aromatic carbocycles. The third-order valence-electron chi connectivity index (χ3n) is 10.1. The highest BCUT2D eigenvalue weighted by Crippen LogP contribution is 2.60. The summed E-state index contributed by atoms with van der Waals surface area (Å²) in [5, 5.41) is 15.3. The summed E-state index contributed by atoms with van der Waals surface area (Å²) in [7, 11) is 0. The first-order valence-electron chi connectivity index (χ1n) is 16.9. The van der Waals surface area contributed by atoms with E-state index in [-0.39, 0.29) is 36.9 Å². The molecular weight excluding hydrogens is 702 g/mol. The summed E-state index contributed by atoms with van der Waals surface area (Å²) in [6.45, 7) is 8.89. The van der Waals surface area contributed by atoms with Crippen molar-refractivity contribution in [1.29, 1.82) is 0 Å². The molecule has 0 aromatic heterocycles. The van der Waals surface area contributed by atoms with Gasteiger partial charge in [-0.1, -0.05) is 88.7 Å². The Morgan fingerprint density at radius 3 is 2.52 bits per heavy atom. The molecule has 0 aliphatic carbocycles. The van der Waals surface area contributed by atoms with Crippen LogP contribution in [0.4, 0.5) is 5.69 Å². The number of nitrogens with zero attached hydrogens (tertiary/aromatic N) is 2. The molecule has 11 heteroatoms. The summed E-state index contributed by atoms with van der Waals surface area (Å²) in [5.74, 6) is -3.61. The highest BCUT2D eigenvalue weighted by Gasteiger charge is 2.77. The van der Waals surface area contributed by atoms with E-state index in [2.05, 4.69) is 34.4 Å². The normalized spacial score (nSPS) is 26.3. The lowest BCUT2D eigenvalue weighted by Gasteiger charge is -2.38. The van der Waals surface area contributed by atoms with E-state index in [1.165, 1.54) is 4.90 Å². The number of ether oxygens (including phenoxy) is 2. The summed E-state index contributed by atoms with van der Waals surface area (Å²) in [5.41, 5.74) is 0.0140. The molecule has 3 heterocycles. The van der Waals surface area contributed by atoms with Gasteiger partial charge in [0.1, 0.15) is 18.2 Å². The average molecular weight is 745 g/mol. The van der Waals surface area contributed by atoms with Crippen molar-refractivity contribution in [3.63, 3.8) is 0 Å². The maximum Gasteiger partial charge on any atom is 0.306 e. The molecule has 262 valence electrons. The van der Waals surface area contributed by atoms with E-state index < -0.39 is 59.5 Å². The van der Waals surface area contributed by atoms with Crippen molar-refractivity contribution in [3.05, 3.63) is 104 Å². The molecule has 50 heavy (non-hydrogen) atoms. The number of benzene rings is 3. The van der Waals surface area contributed by atoms with Gasteiger partial charge in [-0.05, 0) is 48.2 Å². The minimum absolute atomic E-state index is 0.109. The molecule has 3 aliphatic heterocycles. The first-order chi connectivity index (χ1) is 24.1. The van der Waals surface area contributed by atoms with Crippen LogP contribution < -0.4 is 10.2 Å². The average Bonchev–Trinajstić information content (AvgIpc) is 3.73. The van der Waals surface area contributed by atoms with Gasteiger partial charge in [0.2, 0.25) is 11.8 Å². The fourth-order valence-corrected chi connectivity index (χ4v) is 8.74. The largest absolute Gasteiger partial charge is 0.463 e. The quantitative estimate of drug-likeness (QED) is 0.137. The number of likely N-dealkylation sites (tertiary alicyclic amines) is 1. The van der Waals surface area contributed by atoms with Gasteiger partial charge in [0.05, 0.1) is 36.6 Å². The molecule has 2 bridgehead atoms. The van der Waals surface area contributed by atoms with Crippen molar-refractivity contribution >= 4 is 56.1 Å². The molecule has 2 N–H and O–H groups in total. The highest BCUT2D eigenvalue weighted by atomic mass is 79.9. The monoisotopic (exact) mass is 743 g/mol. The number of anilines is 1. The number of hydrogen-bond acceptors (Lipinski definition) is 7. The van der Waals surface area contributed by atoms with Crippen molar-refractivity contribution in [3.8, 4) is 0 Å². The maximum absolute atomic E-state index is 14.9. The second-order valence-corrected chi connectivity index (χ2v) is 14.4. The smallest absolute Gasteiger partial charge is 0.306 e. The molecule has 8 atom stereocenters. The molecule has 3 fully saturated rings. The van der Waals surface area contributed by atoms with E-state index in [1.54, 1.807) is 24.0 Å². The molecule has 3 aliphatic rings. The van der Waals surface area contributed by atoms with Crippen molar-refractivity contribution in [2.24, 2.45) is 11.8 Å². The van der Waals surface area contributed by atoms with Crippen LogP contribution in [-0.4, -0.2) is 82.1 Å². The van der Waals surface area contributed by atoms with Crippen molar-refractivity contribution in [1.82, 2.24) is 10.2 Å². The third kappa shape index (κ3) is 6.38. The van der Waals surface area contributed by atoms with Crippen LogP contribution in [0.5, 0.6) is 0 Å². The fraction of sp³-hybridized carbons (Fsp3) is 0.385. The van der Waals surface area contributed by atoms with Crippen molar-refractivity contribution in [2.45, 2.75) is 60.8 Å². The lowest BCUT2D eigenvalue weighted by molar-refractivity contribution is -0.146. The molecule has 1 spiro atoms. The number of aliphatic hydroxyl groups excluding tert-OH is 1. The number of rotatable bonds is 14. The number of alkyl halides is 1. The number of hydrogen-bond donors (Lipinski definition) is 2. The minimum atomic E-state index is -1.34. The van der Waals surface area contributed by atoms with Gasteiger partial charge < -0.3 is 29.7 Å². The number of allylic oxidation sites excluding steroid dienone is 1. The zero-order valence-electron chi connectivity index (χ0n) is 28.0. The number of esters is 1. The van der Waals surface area contributed by atoms with Gasteiger partial charge in [0.25, 0.3) is 5.91 Å². The van der Waals surface area contributed by atoms with E-state index in [0.29, 0.717) is 18.5 Å². The molecule has 0 saturated carbocycles. The fourth-order valence-electron chi connectivity index (χ4n) is 7.80. The molecule has 3 aromatic rings. The van der Waals surface area contributed by atoms with Gasteiger partial charge in [-0.15, -0.1) is 13.2 Å². The van der Waals surface area contributed by atoms with Crippen LogP contribution in [-0.2, 0) is 28.7 Å². The summed E-state index contributed by atoms with van der Waals surface area (Å²) in [6.07, 6.45) is 3.50. The first kappa shape index (κ1) is 35.5. The Bertz CT molecular complexity index is 1790. The Labute approximate surface area is 300 Å². The number of halogens is 1. The third-order valence-corrected chi connectivity index (χ3v) is 11.0. The predicted octanol–water partition coefficient (Wildman–Crippen LogP) is 4.85. The summed E-state index contributed by atoms with van der Waals surface area (Å²) >= 11 is 3.73. The predicted molar refractivity (Wildman–Crippen MR) is 193 cm³/mol. The van der Waals surface area contributed by atoms with Crippen LogP contribution in [0, 0.1) is 11.8 Å². The Hall–Kier alpha value is -4.32. The van der Waals surface area contributed by atoms with Gasteiger partial charge in [0.15, 0.2) is 0 Å². The van der Waals surface area contributed by atoms with E-state index in [0.717, 1.165) is 16.3 Å². The topological polar surface area (TPSA) is 125 Å². The number of carbonyl (C=O) groups is 4. The van der Waals surface area contributed by atoms with E-state index >= 15 is 0 Å². The summed E-state index contributed by atoms with van der Waals surface area (Å²) in [4.78, 5) is 58.9. The van der Waals surface area contributed by atoms with Crippen molar-refractivity contribution in [2.75, 3.05) is 24.7 Å². The van der Waals surface area contributed by atoms with Gasteiger partial charge in [-0.25, -0.2) is 0 Å². The minimum Gasteiger partial charge on any atom is -0.463 e.